The molecule has 1 saturated heterocycles. The van der Waals surface area contributed by atoms with Gasteiger partial charge in [-0.15, -0.1) is 0 Å². The van der Waals surface area contributed by atoms with E-state index in [0.717, 1.165) is 37.1 Å². The molecule has 0 N–H and O–H groups in total. The van der Waals surface area contributed by atoms with Crippen LogP contribution in [0.15, 0.2) is 24.5 Å². The summed E-state index contributed by atoms with van der Waals surface area (Å²) in [4.78, 5) is 15.3. The maximum absolute atomic E-state index is 10.7. The van der Waals surface area contributed by atoms with E-state index in [1.165, 1.54) is 12.8 Å². The van der Waals surface area contributed by atoms with Crippen LogP contribution in [0.3, 0.4) is 0 Å². The Kier molecular flexibility index (Phi) is 3.11. The van der Waals surface area contributed by atoms with Gasteiger partial charge in [0.15, 0.2) is 0 Å². The molecule has 4 heteroatoms. The fourth-order valence-electron chi connectivity index (χ4n) is 2.42. The maximum Gasteiger partial charge on any atom is 0.150 e. The number of fused-ring (bicyclic) bond motifs is 1. The predicted molar refractivity (Wildman–Crippen MR) is 67.9 cm³/mol. The standard InChI is InChI=1S/C14H16N2O2/c17-10-11-4-5-16-9-12(15-14(16)7-11)8-13-3-1-2-6-18-13/h4-5,7,9-10,13H,1-3,6,8H2. The highest BCUT2D eigenvalue weighted by Crippen LogP contribution is 2.17. The third kappa shape index (κ3) is 2.29. The van der Waals surface area contributed by atoms with Gasteiger partial charge in [0.05, 0.1) is 11.8 Å². The molecule has 1 atom stereocenters. The van der Waals surface area contributed by atoms with Gasteiger partial charge in [-0.1, -0.05) is 0 Å². The number of pyridine rings is 1. The van der Waals surface area contributed by atoms with E-state index in [2.05, 4.69) is 4.98 Å². The molecule has 3 rings (SSSR count). The minimum atomic E-state index is 0.300. The lowest BCUT2D eigenvalue weighted by Crippen LogP contribution is -2.21. The second kappa shape index (κ2) is 4.90. The van der Waals surface area contributed by atoms with Crippen LogP contribution in [-0.2, 0) is 11.2 Å². The topological polar surface area (TPSA) is 43.6 Å². The van der Waals surface area contributed by atoms with Crippen molar-refractivity contribution in [1.82, 2.24) is 9.38 Å². The number of hydrogen-bond acceptors (Lipinski definition) is 3. The third-order valence-corrected chi connectivity index (χ3v) is 3.38. The van der Waals surface area contributed by atoms with Crippen LogP contribution < -0.4 is 0 Å². The lowest BCUT2D eigenvalue weighted by atomic mass is 10.1. The molecule has 0 aliphatic carbocycles. The van der Waals surface area contributed by atoms with Crippen molar-refractivity contribution in [1.29, 1.82) is 0 Å². The molecule has 0 spiro atoms. The molecule has 0 bridgehead atoms. The number of imidazole rings is 1. The van der Waals surface area contributed by atoms with Crippen LogP contribution in [0.1, 0.15) is 35.3 Å². The van der Waals surface area contributed by atoms with Gasteiger partial charge >= 0.3 is 0 Å². The van der Waals surface area contributed by atoms with Gasteiger partial charge in [-0.3, -0.25) is 4.79 Å². The van der Waals surface area contributed by atoms with E-state index in [-0.39, 0.29) is 0 Å². The summed E-state index contributed by atoms with van der Waals surface area (Å²) in [7, 11) is 0. The summed E-state index contributed by atoms with van der Waals surface area (Å²) in [6, 6.07) is 3.60. The Hall–Kier alpha value is -1.68. The third-order valence-electron chi connectivity index (χ3n) is 3.38. The van der Waals surface area contributed by atoms with Crippen LogP contribution in [0.4, 0.5) is 0 Å². The van der Waals surface area contributed by atoms with Crippen LogP contribution in [0, 0.1) is 0 Å². The average Bonchev–Trinajstić information content (AvgIpc) is 2.80. The number of nitrogens with zero attached hydrogens (tertiary/aromatic N) is 2. The molecule has 1 aliphatic rings. The summed E-state index contributed by atoms with van der Waals surface area (Å²) in [5, 5.41) is 0. The van der Waals surface area contributed by atoms with Crippen molar-refractivity contribution in [2.24, 2.45) is 0 Å². The minimum Gasteiger partial charge on any atom is -0.378 e. The van der Waals surface area contributed by atoms with E-state index in [0.29, 0.717) is 11.7 Å². The monoisotopic (exact) mass is 244 g/mol. The largest absolute Gasteiger partial charge is 0.378 e. The number of aldehydes is 1. The normalized spacial score (nSPS) is 20.1. The highest BCUT2D eigenvalue weighted by molar-refractivity contribution is 5.76. The molecule has 94 valence electrons. The van der Waals surface area contributed by atoms with Gasteiger partial charge in [0.25, 0.3) is 0 Å². The van der Waals surface area contributed by atoms with Crippen molar-refractivity contribution in [2.45, 2.75) is 31.8 Å². The van der Waals surface area contributed by atoms with Crippen LogP contribution in [0.25, 0.3) is 5.65 Å². The van der Waals surface area contributed by atoms with Gasteiger partial charge in [0.1, 0.15) is 11.9 Å². The second-order valence-electron chi connectivity index (χ2n) is 4.77. The first-order valence-corrected chi connectivity index (χ1v) is 6.39. The van der Waals surface area contributed by atoms with Gasteiger partial charge in [-0.25, -0.2) is 4.98 Å². The maximum atomic E-state index is 10.7. The molecule has 0 saturated carbocycles. The number of carbonyl (C=O) groups excluding carboxylic acids is 1. The van der Waals surface area contributed by atoms with Gasteiger partial charge in [-0.2, -0.15) is 0 Å². The zero-order chi connectivity index (χ0) is 12.4. The van der Waals surface area contributed by atoms with E-state index >= 15 is 0 Å². The summed E-state index contributed by atoms with van der Waals surface area (Å²) in [5.74, 6) is 0. The van der Waals surface area contributed by atoms with Crippen LogP contribution >= 0.6 is 0 Å². The van der Waals surface area contributed by atoms with E-state index in [4.69, 9.17) is 4.74 Å². The summed E-state index contributed by atoms with van der Waals surface area (Å²) < 4.78 is 7.67. The van der Waals surface area contributed by atoms with Crippen molar-refractivity contribution >= 4 is 11.9 Å². The lowest BCUT2D eigenvalue weighted by Gasteiger charge is -2.21. The number of carbonyl (C=O) groups is 1. The molecule has 0 radical (unpaired) electrons. The molecule has 3 heterocycles. The number of rotatable bonds is 3. The Labute approximate surface area is 106 Å². The van der Waals surface area contributed by atoms with Gasteiger partial charge in [0.2, 0.25) is 0 Å². The summed E-state index contributed by atoms with van der Waals surface area (Å²) >= 11 is 0. The van der Waals surface area contributed by atoms with Crippen molar-refractivity contribution in [3.8, 4) is 0 Å². The fourth-order valence-corrected chi connectivity index (χ4v) is 2.42. The molecule has 2 aromatic heterocycles. The summed E-state index contributed by atoms with van der Waals surface area (Å²) in [6.45, 7) is 0.868. The van der Waals surface area contributed by atoms with Crippen LogP contribution in [0.2, 0.25) is 0 Å². The lowest BCUT2D eigenvalue weighted by molar-refractivity contribution is 0.0163. The van der Waals surface area contributed by atoms with E-state index < -0.39 is 0 Å². The van der Waals surface area contributed by atoms with Gasteiger partial charge < -0.3 is 9.14 Å². The van der Waals surface area contributed by atoms with E-state index in [1.54, 1.807) is 12.1 Å². The Morgan fingerprint density at radius 3 is 3.22 bits per heavy atom. The molecule has 0 amide bonds. The molecule has 1 fully saturated rings. The quantitative estimate of drug-likeness (QED) is 0.778. The molecule has 2 aromatic rings. The average molecular weight is 244 g/mol. The number of hydrogen-bond donors (Lipinski definition) is 0. The molecule has 0 aromatic carbocycles. The molecule has 1 unspecified atom stereocenters. The summed E-state index contributed by atoms with van der Waals surface area (Å²) in [5.41, 5.74) is 2.52. The van der Waals surface area contributed by atoms with Crippen LogP contribution in [0.5, 0.6) is 0 Å². The molecular formula is C14H16N2O2. The summed E-state index contributed by atoms with van der Waals surface area (Å²) in [6.07, 6.45) is 9.43. The molecular weight excluding hydrogens is 228 g/mol. The van der Waals surface area contributed by atoms with Crippen molar-refractivity contribution in [3.05, 3.63) is 35.8 Å². The minimum absolute atomic E-state index is 0.300. The first kappa shape index (κ1) is 11.4. The number of aromatic nitrogens is 2. The highest BCUT2D eigenvalue weighted by Gasteiger charge is 2.15. The van der Waals surface area contributed by atoms with E-state index in [1.807, 2.05) is 16.8 Å². The van der Waals surface area contributed by atoms with Gasteiger partial charge in [0, 0.05) is 31.0 Å². The molecule has 4 nitrogen and oxygen atoms in total. The zero-order valence-electron chi connectivity index (χ0n) is 10.2. The van der Waals surface area contributed by atoms with Crippen molar-refractivity contribution < 1.29 is 9.53 Å². The van der Waals surface area contributed by atoms with Gasteiger partial charge in [-0.05, 0) is 31.4 Å². The predicted octanol–water partition coefficient (Wildman–Crippen LogP) is 2.26. The molecule has 18 heavy (non-hydrogen) atoms. The molecule has 1 aliphatic heterocycles. The van der Waals surface area contributed by atoms with Crippen molar-refractivity contribution in [2.75, 3.05) is 6.61 Å². The first-order valence-electron chi connectivity index (χ1n) is 6.39. The highest BCUT2D eigenvalue weighted by atomic mass is 16.5. The Morgan fingerprint density at radius 1 is 1.50 bits per heavy atom. The second-order valence-corrected chi connectivity index (χ2v) is 4.77. The Balaban J connectivity index is 1.81. The van der Waals surface area contributed by atoms with Crippen molar-refractivity contribution in [3.63, 3.8) is 0 Å². The first-order chi connectivity index (χ1) is 8.85. The Bertz CT molecular complexity index is 556. The van der Waals surface area contributed by atoms with E-state index in [9.17, 15) is 4.79 Å². The number of ether oxygens (including phenoxy) is 1. The fraction of sp³-hybridized carbons (Fsp3) is 0.429. The SMILES string of the molecule is O=Cc1ccn2cc(CC3CCCCO3)nc2c1. The van der Waals surface area contributed by atoms with Crippen LogP contribution in [-0.4, -0.2) is 28.4 Å². The zero-order valence-corrected chi connectivity index (χ0v) is 10.2. The Morgan fingerprint density at radius 2 is 2.44 bits per heavy atom. The smallest absolute Gasteiger partial charge is 0.150 e.